The number of aromatic nitrogens is 2. The first-order valence-corrected chi connectivity index (χ1v) is 12.1. The van der Waals surface area contributed by atoms with Crippen LogP contribution in [0.2, 0.25) is 0 Å². The fraction of sp³-hybridized carbons (Fsp3) is 0.167. The summed E-state index contributed by atoms with van der Waals surface area (Å²) in [4.78, 5) is 33.6. The zero-order valence-corrected chi connectivity index (χ0v) is 20.4. The number of anilines is 2. The van der Waals surface area contributed by atoms with Gasteiger partial charge in [0.15, 0.2) is 0 Å². The number of pyridine rings is 1. The maximum Gasteiger partial charge on any atom is 0.271 e. The fourth-order valence-corrected chi connectivity index (χ4v) is 5.36. The van der Waals surface area contributed by atoms with Crippen LogP contribution in [0.25, 0.3) is 21.8 Å². The van der Waals surface area contributed by atoms with Crippen LogP contribution in [0.5, 0.6) is 0 Å². The molecular formula is C30H26N4O2. The Kier molecular flexibility index (Phi) is 4.93. The highest BCUT2D eigenvalue weighted by molar-refractivity contribution is 6.15. The average Bonchev–Trinajstić information content (AvgIpc) is 3.34. The molecule has 0 saturated carbocycles. The van der Waals surface area contributed by atoms with E-state index in [1.807, 2.05) is 72.8 Å². The van der Waals surface area contributed by atoms with E-state index in [0.717, 1.165) is 38.7 Å². The Morgan fingerprint density at radius 3 is 2.36 bits per heavy atom. The molecule has 1 unspecified atom stereocenters. The summed E-state index contributed by atoms with van der Waals surface area (Å²) in [5.41, 5.74) is 3.41. The van der Waals surface area contributed by atoms with Gasteiger partial charge in [0.05, 0.1) is 17.4 Å². The molecule has 2 aromatic heterocycles. The van der Waals surface area contributed by atoms with Crippen LogP contribution in [0.1, 0.15) is 42.9 Å². The summed E-state index contributed by atoms with van der Waals surface area (Å²) in [6, 6.07) is 27.3. The topological polar surface area (TPSA) is 67.2 Å². The molecule has 1 N–H and O–H groups in total. The summed E-state index contributed by atoms with van der Waals surface area (Å²) < 4.78 is 2.23. The highest BCUT2D eigenvalue weighted by Crippen LogP contribution is 2.44. The molecule has 5 aromatic rings. The van der Waals surface area contributed by atoms with Crippen molar-refractivity contribution >= 4 is 45.0 Å². The van der Waals surface area contributed by atoms with E-state index in [-0.39, 0.29) is 23.6 Å². The third kappa shape index (κ3) is 3.14. The highest BCUT2D eigenvalue weighted by Gasteiger charge is 2.49. The van der Waals surface area contributed by atoms with Crippen LogP contribution >= 0.6 is 0 Å². The summed E-state index contributed by atoms with van der Waals surface area (Å²) in [6.07, 6.45) is 1.76. The quantitative estimate of drug-likeness (QED) is 0.343. The van der Waals surface area contributed by atoms with E-state index in [4.69, 9.17) is 0 Å². The molecule has 2 amide bonds. The molecule has 0 aliphatic carbocycles. The monoisotopic (exact) mass is 474 g/mol. The summed E-state index contributed by atoms with van der Waals surface area (Å²) in [6.45, 7) is 6.03. The molecule has 3 heterocycles. The first-order valence-electron chi connectivity index (χ1n) is 12.1. The molecule has 0 fully saturated rings. The van der Waals surface area contributed by atoms with Crippen LogP contribution < -0.4 is 10.2 Å². The third-order valence-corrected chi connectivity index (χ3v) is 7.04. The van der Waals surface area contributed by atoms with Gasteiger partial charge < -0.3 is 9.88 Å². The molecule has 3 aromatic carbocycles. The second-order valence-electron chi connectivity index (χ2n) is 9.64. The first kappa shape index (κ1) is 22.0. The SMILES string of the molecule is CC(C)n1c2ccccc2c2cc(C(=O)NC3(C)C(=O)N(c4ccccc4)c4ccccc43)ncc21. The second kappa shape index (κ2) is 8.05. The number of fused-ring (bicyclic) bond motifs is 4. The Balaban J connectivity index is 1.42. The Morgan fingerprint density at radius 1 is 0.889 bits per heavy atom. The summed E-state index contributed by atoms with van der Waals surface area (Å²) in [7, 11) is 0. The molecule has 0 bridgehead atoms. The Hall–Kier alpha value is -4.45. The maximum absolute atomic E-state index is 13.8. The smallest absolute Gasteiger partial charge is 0.271 e. The minimum atomic E-state index is -1.23. The molecule has 178 valence electrons. The number of nitrogens with one attached hydrogen (secondary N) is 1. The molecule has 1 aliphatic heterocycles. The number of para-hydroxylation sites is 3. The lowest BCUT2D eigenvalue weighted by molar-refractivity contribution is -0.122. The first-order chi connectivity index (χ1) is 17.4. The van der Waals surface area contributed by atoms with Crippen LogP contribution in [0, 0.1) is 0 Å². The number of carbonyl (C=O) groups is 2. The molecule has 0 spiro atoms. The van der Waals surface area contributed by atoms with Crippen molar-refractivity contribution in [2.24, 2.45) is 0 Å². The molecular weight excluding hydrogens is 448 g/mol. The van der Waals surface area contributed by atoms with Gasteiger partial charge in [0.2, 0.25) is 0 Å². The number of benzene rings is 3. The maximum atomic E-state index is 13.8. The zero-order valence-electron chi connectivity index (χ0n) is 20.4. The van der Waals surface area contributed by atoms with E-state index in [2.05, 4.69) is 40.8 Å². The average molecular weight is 475 g/mol. The number of rotatable bonds is 4. The van der Waals surface area contributed by atoms with Crippen LogP contribution in [0.4, 0.5) is 11.4 Å². The number of hydrogen-bond acceptors (Lipinski definition) is 3. The molecule has 6 heteroatoms. The standard InChI is InChI=1S/C30H26N4O2/c1-19(2)33-25-15-9-7-13-21(25)22-17-24(31-18-27(22)33)28(35)32-30(3)23-14-8-10-16-26(23)34(29(30)36)20-11-5-4-6-12-20/h4-19H,1-3H3,(H,32,35). The van der Waals surface area contributed by atoms with Crippen LogP contribution in [-0.4, -0.2) is 21.4 Å². The van der Waals surface area contributed by atoms with Crippen molar-refractivity contribution in [3.63, 3.8) is 0 Å². The van der Waals surface area contributed by atoms with Crippen molar-refractivity contribution in [2.45, 2.75) is 32.4 Å². The predicted octanol–water partition coefficient (Wildman–Crippen LogP) is 6.09. The van der Waals surface area contributed by atoms with E-state index in [9.17, 15) is 9.59 Å². The van der Waals surface area contributed by atoms with Gasteiger partial charge in [0.25, 0.3) is 11.8 Å². The van der Waals surface area contributed by atoms with Crippen molar-refractivity contribution in [2.75, 3.05) is 4.90 Å². The van der Waals surface area contributed by atoms with Gasteiger partial charge in [-0.15, -0.1) is 0 Å². The zero-order chi connectivity index (χ0) is 25.0. The Labute approximate surface area is 209 Å². The number of carbonyl (C=O) groups excluding carboxylic acids is 2. The molecule has 0 saturated heterocycles. The summed E-state index contributed by atoms with van der Waals surface area (Å²) >= 11 is 0. The second-order valence-corrected chi connectivity index (χ2v) is 9.64. The van der Waals surface area contributed by atoms with Crippen LogP contribution in [0.3, 0.4) is 0 Å². The fourth-order valence-electron chi connectivity index (χ4n) is 5.36. The molecule has 1 atom stereocenters. The Morgan fingerprint density at radius 2 is 1.58 bits per heavy atom. The van der Waals surface area contributed by atoms with Gasteiger partial charge in [-0.05, 0) is 51.1 Å². The lowest BCUT2D eigenvalue weighted by Crippen LogP contribution is -2.50. The van der Waals surface area contributed by atoms with Crippen LogP contribution in [0.15, 0.2) is 91.1 Å². The van der Waals surface area contributed by atoms with Gasteiger partial charge in [0, 0.05) is 33.6 Å². The van der Waals surface area contributed by atoms with E-state index < -0.39 is 5.54 Å². The van der Waals surface area contributed by atoms with Gasteiger partial charge in [-0.25, -0.2) is 4.98 Å². The predicted molar refractivity (Wildman–Crippen MR) is 142 cm³/mol. The molecule has 1 aliphatic rings. The minimum Gasteiger partial charge on any atom is -0.337 e. The van der Waals surface area contributed by atoms with Gasteiger partial charge in [0.1, 0.15) is 11.2 Å². The highest BCUT2D eigenvalue weighted by atomic mass is 16.2. The lowest BCUT2D eigenvalue weighted by atomic mass is 9.93. The Bertz CT molecular complexity index is 1650. The molecule has 6 nitrogen and oxygen atoms in total. The summed E-state index contributed by atoms with van der Waals surface area (Å²) in [5, 5.41) is 5.06. The van der Waals surface area contributed by atoms with Gasteiger partial charge in [-0.3, -0.25) is 14.5 Å². The van der Waals surface area contributed by atoms with Crippen molar-refractivity contribution in [3.05, 3.63) is 102 Å². The van der Waals surface area contributed by atoms with Gasteiger partial charge in [-0.2, -0.15) is 0 Å². The van der Waals surface area contributed by atoms with Gasteiger partial charge >= 0.3 is 0 Å². The number of hydrogen-bond donors (Lipinski definition) is 1. The van der Waals surface area contributed by atoms with E-state index in [1.165, 1.54) is 0 Å². The number of amides is 2. The molecule has 36 heavy (non-hydrogen) atoms. The van der Waals surface area contributed by atoms with E-state index in [0.29, 0.717) is 0 Å². The van der Waals surface area contributed by atoms with Crippen molar-refractivity contribution < 1.29 is 9.59 Å². The van der Waals surface area contributed by atoms with Crippen LogP contribution in [-0.2, 0) is 10.3 Å². The molecule has 0 radical (unpaired) electrons. The largest absolute Gasteiger partial charge is 0.337 e. The lowest BCUT2D eigenvalue weighted by Gasteiger charge is -2.25. The molecule has 6 rings (SSSR count). The van der Waals surface area contributed by atoms with E-state index in [1.54, 1.807) is 18.0 Å². The van der Waals surface area contributed by atoms with Gasteiger partial charge in [-0.1, -0.05) is 54.6 Å². The normalized spacial score (nSPS) is 17.2. The van der Waals surface area contributed by atoms with Crippen molar-refractivity contribution in [3.8, 4) is 0 Å². The third-order valence-electron chi connectivity index (χ3n) is 7.04. The van der Waals surface area contributed by atoms with E-state index >= 15 is 0 Å². The minimum absolute atomic E-state index is 0.208. The van der Waals surface area contributed by atoms with Crippen molar-refractivity contribution in [1.82, 2.24) is 14.9 Å². The number of nitrogens with zero attached hydrogens (tertiary/aromatic N) is 3. The summed E-state index contributed by atoms with van der Waals surface area (Å²) in [5.74, 6) is -0.598. The van der Waals surface area contributed by atoms with Crippen molar-refractivity contribution in [1.29, 1.82) is 0 Å².